The molecule has 2 saturated carbocycles. The van der Waals surface area contributed by atoms with E-state index in [2.05, 4.69) is 29.6 Å². The summed E-state index contributed by atoms with van der Waals surface area (Å²) in [4.78, 5) is 57.5. The van der Waals surface area contributed by atoms with Gasteiger partial charge in [-0.15, -0.1) is 0 Å². The Morgan fingerprint density at radius 1 is 0.833 bits per heavy atom. The number of carbonyl (C=O) groups excluding carboxylic acids is 4. The summed E-state index contributed by atoms with van der Waals surface area (Å²) in [5.41, 5.74) is 2.60. The normalized spacial score (nSPS) is 25.8. The van der Waals surface area contributed by atoms with Crippen LogP contribution in [0.4, 0.5) is 4.79 Å². The van der Waals surface area contributed by atoms with Gasteiger partial charge in [-0.2, -0.15) is 0 Å². The number of hydrogen-bond acceptors (Lipinski definition) is 7. The fourth-order valence-corrected chi connectivity index (χ4v) is 7.83. The maximum absolute atomic E-state index is 13.6. The lowest BCUT2D eigenvalue weighted by Gasteiger charge is -2.49. The molecule has 9 rings (SSSR count). The second-order valence-corrected chi connectivity index (χ2v) is 12.1. The molecule has 1 spiro atoms. The van der Waals surface area contributed by atoms with Gasteiger partial charge >= 0.3 is 12.1 Å². The van der Waals surface area contributed by atoms with Crippen LogP contribution in [0.5, 0.6) is 0 Å². The van der Waals surface area contributed by atoms with Gasteiger partial charge in [-0.3, -0.25) is 9.59 Å². The van der Waals surface area contributed by atoms with Crippen LogP contribution >= 0.6 is 0 Å². The fraction of sp³-hybridized carbons (Fsp3) is 0.333. The molecule has 9 heteroatoms. The van der Waals surface area contributed by atoms with E-state index in [-0.39, 0.29) is 30.2 Å². The second-order valence-electron chi connectivity index (χ2n) is 12.1. The van der Waals surface area contributed by atoms with E-state index in [1.165, 1.54) is 12.1 Å². The van der Waals surface area contributed by atoms with Crippen molar-refractivity contribution in [3.63, 3.8) is 0 Å². The van der Waals surface area contributed by atoms with E-state index in [0.717, 1.165) is 28.7 Å². The zero-order chi connectivity index (χ0) is 28.7. The van der Waals surface area contributed by atoms with E-state index in [1.807, 2.05) is 24.3 Å². The summed E-state index contributed by atoms with van der Waals surface area (Å²) in [5, 5.41) is 3.43. The molecule has 212 valence electrons. The number of nitrogens with one attached hydrogen (secondary N) is 1. The molecular formula is C33H28N2O7. The highest BCUT2D eigenvalue weighted by atomic mass is 16.7. The van der Waals surface area contributed by atoms with Gasteiger partial charge in [-0.05, 0) is 66.5 Å². The smallest absolute Gasteiger partial charge is 0.407 e. The molecule has 3 aliphatic heterocycles. The van der Waals surface area contributed by atoms with E-state index in [9.17, 15) is 19.2 Å². The summed E-state index contributed by atoms with van der Waals surface area (Å²) in [6.07, 6.45) is 2.39. The highest BCUT2D eigenvalue weighted by Crippen LogP contribution is 2.72. The number of alkyl carbamates (subject to hydrolysis) is 1. The Bertz CT molecular complexity index is 1610. The van der Waals surface area contributed by atoms with Gasteiger partial charge in [-0.1, -0.05) is 65.7 Å². The average Bonchev–Trinajstić information content (AvgIpc) is 3.65. The number of nitrogens with zero attached hydrogens (tertiary/aromatic N) is 1. The second kappa shape index (κ2) is 8.75. The zero-order valence-electron chi connectivity index (χ0n) is 22.8. The summed E-state index contributed by atoms with van der Waals surface area (Å²) in [6, 6.07) is 22.7. The van der Waals surface area contributed by atoms with Crippen molar-refractivity contribution in [1.29, 1.82) is 0 Å². The Morgan fingerprint density at radius 2 is 1.38 bits per heavy atom. The van der Waals surface area contributed by atoms with E-state index < -0.39 is 40.5 Å². The fourth-order valence-electron chi connectivity index (χ4n) is 7.83. The van der Waals surface area contributed by atoms with Crippen LogP contribution in [0.3, 0.4) is 0 Å². The maximum Gasteiger partial charge on any atom is 0.407 e. The summed E-state index contributed by atoms with van der Waals surface area (Å²) in [6.45, 7) is 0.391. The molecular weight excluding hydrogens is 536 g/mol. The molecule has 0 unspecified atom stereocenters. The van der Waals surface area contributed by atoms with Crippen LogP contribution in [0, 0.1) is 5.41 Å². The van der Waals surface area contributed by atoms with Crippen molar-refractivity contribution in [1.82, 2.24) is 10.4 Å². The van der Waals surface area contributed by atoms with Crippen molar-refractivity contribution in [3.8, 4) is 11.1 Å². The molecule has 3 aromatic carbocycles. The third-order valence-electron chi connectivity index (χ3n) is 9.91. The summed E-state index contributed by atoms with van der Waals surface area (Å²) >= 11 is 0. The lowest BCUT2D eigenvalue weighted by Crippen LogP contribution is -2.60. The van der Waals surface area contributed by atoms with Crippen molar-refractivity contribution in [2.75, 3.05) is 13.2 Å². The molecule has 3 aromatic rings. The van der Waals surface area contributed by atoms with Crippen molar-refractivity contribution >= 4 is 23.9 Å². The van der Waals surface area contributed by atoms with Crippen LogP contribution in [0.25, 0.3) is 11.1 Å². The number of carbonyl (C=O) groups is 4. The number of hydroxylamine groups is 2. The molecule has 2 saturated heterocycles. The largest absolute Gasteiger partial charge is 0.449 e. The lowest BCUT2D eigenvalue weighted by molar-refractivity contribution is -0.194. The summed E-state index contributed by atoms with van der Waals surface area (Å²) < 4.78 is 12.2. The quantitative estimate of drug-likeness (QED) is 0.430. The SMILES string of the molecule is O=C(NCC12CC(C(=O)ON3C(=O)c4ccccc4C3=O)(C1)C1(CCC1)O2)OCC1c2ccccc2-c2ccccc21. The van der Waals surface area contributed by atoms with Crippen LogP contribution in [-0.4, -0.2) is 53.3 Å². The van der Waals surface area contributed by atoms with Crippen LogP contribution in [-0.2, 0) is 19.1 Å². The van der Waals surface area contributed by atoms with Gasteiger partial charge in [0.15, 0.2) is 0 Å². The maximum atomic E-state index is 13.6. The van der Waals surface area contributed by atoms with Crippen LogP contribution in [0.1, 0.15) is 69.9 Å². The molecule has 3 aliphatic carbocycles. The molecule has 2 bridgehead atoms. The first kappa shape index (κ1) is 25.2. The minimum absolute atomic E-state index is 0.0458. The van der Waals surface area contributed by atoms with E-state index in [1.54, 1.807) is 12.1 Å². The minimum atomic E-state index is -0.969. The van der Waals surface area contributed by atoms with Crippen molar-refractivity contribution in [3.05, 3.63) is 95.1 Å². The Morgan fingerprint density at radius 3 is 1.93 bits per heavy atom. The summed E-state index contributed by atoms with van der Waals surface area (Å²) in [5.74, 6) is -1.98. The Balaban J connectivity index is 0.921. The first-order valence-corrected chi connectivity index (χ1v) is 14.3. The van der Waals surface area contributed by atoms with Crippen molar-refractivity contribution in [2.45, 2.75) is 49.2 Å². The predicted molar refractivity (Wildman–Crippen MR) is 148 cm³/mol. The Hall–Kier alpha value is -4.50. The van der Waals surface area contributed by atoms with E-state index in [4.69, 9.17) is 14.3 Å². The van der Waals surface area contributed by atoms with Gasteiger partial charge in [0.1, 0.15) is 12.0 Å². The first-order chi connectivity index (χ1) is 20.4. The van der Waals surface area contributed by atoms with Gasteiger partial charge in [0.25, 0.3) is 11.8 Å². The molecule has 42 heavy (non-hydrogen) atoms. The summed E-state index contributed by atoms with van der Waals surface area (Å²) in [7, 11) is 0. The van der Waals surface area contributed by atoms with E-state index >= 15 is 0 Å². The number of hydrogen-bond donors (Lipinski definition) is 1. The minimum Gasteiger partial charge on any atom is -0.449 e. The molecule has 3 heterocycles. The topological polar surface area (TPSA) is 111 Å². The van der Waals surface area contributed by atoms with Crippen LogP contribution < -0.4 is 5.32 Å². The van der Waals surface area contributed by atoms with Crippen molar-refractivity contribution < 1.29 is 33.5 Å². The Labute approximate surface area is 241 Å². The molecule has 6 aliphatic rings. The molecule has 9 nitrogen and oxygen atoms in total. The Kier molecular flexibility index (Phi) is 5.26. The number of benzene rings is 3. The third-order valence-corrected chi connectivity index (χ3v) is 9.91. The zero-order valence-corrected chi connectivity index (χ0v) is 22.8. The molecule has 0 aromatic heterocycles. The van der Waals surface area contributed by atoms with Gasteiger partial charge in [-0.25, -0.2) is 9.59 Å². The predicted octanol–water partition coefficient (Wildman–Crippen LogP) is 4.75. The monoisotopic (exact) mass is 564 g/mol. The van der Waals surface area contributed by atoms with Gasteiger partial charge in [0, 0.05) is 5.92 Å². The van der Waals surface area contributed by atoms with Crippen molar-refractivity contribution in [2.24, 2.45) is 5.41 Å². The standard InChI is InChI=1S/C33H28N2O7/c36-27-24-12-5-6-13-25(24)28(37)35(27)41-29(38)32-17-31(18-32,42-33(32)14-7-15-33)19-34-30(39)40-16-26-22-10-3-1-8-20(22)21-9-2-4-11-23(21)26/h1-6,8-13,26H,7,14-19H2,(H,34,39). The molecule has 0 atom stereocenters. The third kappa shape index (κ3) is 3.34. The van der Waals surface area contributed by atoms with E-state index in [0.29, 0.717) is 30.7 Å². The van der Waals surface area contributed by atoms with Gasteiger partial charge in [0.05, 0.1) is 28.9 Å². The molecule has 3 amide bonds. The lowest BCUT2D eigenvalue weighted by atomic mass is 9.51. The number of fused-ring (bicyclic) bond motifs is 4. The number of amides is 3. The molecule has 0 radical (unpaired) electrons. The van der Waals surface area contributed by atoms with Crippen LogP contribution in [0.15, 0.2) is 72.8 Å². The van der Waals surface area contributed by atoms with Crippen LogP contribution in [0.2, 0.25) is 0 Å². The highest BCUT2D eigenvalue weighted by Gasteiger charge is 2.80. The van der Waals surface area contributed by atoms with Gasteiger partial charge in [0.2, 0.25) is 0 Å². The number of ether oxygens (including phenoxy) is 2. The first-order valence-electron chi connectivity index (χ1n) is 14.3. The average molecular weight is 565 g/mol. The molecule has 1 N–H and O–H groups in total. The van der Waals surface area contributed by atoms with Gasteiger partial charge < -0.3 is 19.6 Å². The highest BCUT2D eigenvalue weighted by molar-refractivity contribution is 6.21. The number of imide groups is 1. The number of rotatable bonds is 6. The molecule has 4 fully saturated rings.